The van der Waals surface area contributed by atoms with Crippen LogP contribution < -0.4 is 10.6 Å². The summed E-state index contributed by atoms with van der Waals surface area (Å²) in [6.45, 7) is 5.47. The highest BCUT2D eigenvalue weighted by atomic mass is 127. The zero-order valence-electron chi connectivity index (χ0n) is 13.2. The fourth-order valence-corrected chi connectivity index (χ4v) is 1.98. The predicted molar refractivity (Wildman–Crippen MR) is 99.5 cm³/mol. The Kier molecular flexibility index (Phi) is 7.94. The van der Waals surface area contributed by atoms with Gasteiger partial charge in [-0.05, 0) is 24.5 Å². The number of aromatic nitrogens is 1. The van der Waals surface area contributed by atoms with Crippen molar-refractivity contribution in [3.05, 3.63) is 52.9 Å². The Labute approximate surface area is 148 Å². The predicted octanol–water partition coefficient (Wildman–Crippen LogP) is 3.03. The first kappa shape index (κ1) is 18.5. The van der Waals surface area contributed by atoms with E-state index < -0.39 is 0 Å². The summed E-state index contributed by atoms with van der Waals surface area (Å²) in [6.07, 6.45) is 0.879. The van der Waals surface area contributed by atoms with E-state index in [-0.39, 0.29) is 24.0 Å². The van der Waals surface area contributed by atoms with Crippen molar-refractivity contribution in [2.24, 2.45) is 4.99 Å². The summed E-state index contributed by atoms with van der Waals surface area (Å²) in [5.41, 5.74) is 3.49. The maximum atomic E-state index is 5.24. The molecule has 1 aromatic carbocycles. The topological polar surface area (TPSA) is 62.5 Å². The zero-order chi connectivity index (χ0) is 15.1. The fourth-order valence-electron chi connectivity index (χ4n) is 1.98. The Hall–Kier alpha value is -1.57. The van der Waals surface area contributed by atoms with Crippen molar-refractivity contribution in [2.75, 3.05) is 7.05 Å². The number of nitrogens with one attached hydrogen (secondary N) is 2. The number of rotatable bonds is 5. The minimum Gasteiger partial charge on any atom is -0.359 e. The Bertz CT molecular complexity index is 610. The molecule has 0 bridgehead atoms. The van der Waals surface area contributed by atoms with Crippen molar-refractivity contribution in [3.63, 3.8) is 0 Å². The molecule has 120 valence electrons. The van der Waals surface area contributed by atoms with Crippen molar-refractivity contribution in [2.45, 2.75) is 33.4 Å². The quantitative estimate of drug-likeness (QED) is 0.449. The molecule has 1 heterocycles. The minimum absolute atomic E-state index is 0. The van der Waals surface area contributed by atoms with Crippen molar-refractivity contribution in [1.29, 1.82) is 0 Å². The molecule has 2 rings (SSSR count). The third-order valence-corrected chi connectivity index (χ3v) is 3.33. The van der Waals surface area contributed by atoms with E-state index in [2.05, 4.69) is 46.8 Å². The first-order chi connectivity index (χ1) is 10.2. The molecule has 2 aromatic rings. The number of guanidine groups is 1. The second-order valence-electron chi connectivity index (χ2n) is 4.84. The molecule has 1 aromatic heterocycles. The average Bonchev–Trinajstić information content (AvgIpc) is 2.97. The summed E-state index contributed by atoms with van der Waals surface area (Å²) in [5, 5.41) is 10.5. The van der Waals surface area contributed by atoms with Gasteiger partial charge >= 0.3 is 0 Å². The molecule has 5 nitrogen and oxygen atoms in total. The molecular weight excluding hydrogens is 391 g/mol. The van der Waals surface area contributed by atoms with Gasteiger partial charge in [0.1, 0.15) is 0 Å². The normalized spacial score (nSPS) is 11.0. The molecule has 0 spiro atoms. The molecule has 0 fully saturated rings. The van der Waals surface area contributed by atoms with E-state index in [0.29, 0.717) is 6.54 Å². The first-order valence-electron chi connectivity index (χ1n) is 7.16. The van der Waals surface area contributed by atoms with Crippen molar-refractivity contribution in [3.8, 4) is 0 Å². The molecule has 0 amide bonds. The zero-order valence-corrected chi connectivity index (χ0v) is 15.5. The van der Waals surface area contributed by atoms with Gasteiger partial charge in [0.2, 0.25) is 0 Å². The molecule has 6 heteroatoms. The third kappa shape index (κ3) is 5.32. The summed E-state index contributed by atoms with van der Waals surface area (Å²) < 4.78 is 5.24. The number of aryl methyl sites for hydroxylation is 2. The van der Waals surface area contributed by atoms with Crippen LogP contribution in [0.25, 0.3) is 0 Å². The highest BCUT2D eigenvalue weighted by Gasteiger charge is 2.04. The van der Waals surface area contributed by atoms with Crippen LogP contribution in [0.3, 0.4) is 0 Å². The van der Waals surface area contributed by atoms with Crippen LogP contribution in [0.2, 0.25) is 0 Å². The number of halogens is 1. The van der Waals surface area contributed by atoms with Crippen LogP contribution in [0.4, 0.5) is 0 Å². The largest absolute Gasteiger partial charge is 0.359 e. The van der Waals surface area contributed by atoms with E-state index in [1.54, 1.807) is 7.05 Å². The van der Waals surface area contributed by atoms with Crippen LogP contribution in [-0.2, 0) is 19.5 Å². The highest BCUT2D eigenvalue weighted by Crippen LogP contribution is 2.06. The summed E-state index contributed by atoms with van der Waals surface area (Å²) >= 11 is 0. The average molecular weight is 414 g/mol. The van der Waals surface area contributed by atoms with Gasteiger partial charge in [-0.2, -0.15) is 0 Å². The molecule has 0 aliphatic carbocycles. The lowest BCUT2D eigenvalue weighted by Gasteiger charge is -2.12. The molecule has 0 aliphatic heterocycles. The lowest BCUT2D eigenvalue weighted by Crippen LogP contribution is -2.36. The number of benzene rings is 1. The lowest BCUT2D eigenvalue weighted by molar-refractivity contribution is 0.374. The van der Waals surface area contributed by atoms with Crippen LogP contribution in [0.1, 0.15) is 29.5 Å². The van der Waals surface area contributed by atoms with Gasteiger partial charge in [0.05, 0.1) is 12.2 Å². The van der Waals surface area contributed by atoms with E-state index in [0.717, 1.165) is 30.4 Å². The van der Waals surface area contributed by atoms with Crippen molar-refractivity contribution >= 4 is 29.9 Å². The van der Waals surface area contributed by atoms with Crippen molar-refractivity contribution in [1.82, 2.24) is 15.8 Å². The number of hydrogen-bond donors (Lipinski definition) is 2. The molecule has 2 N–H and O–H groups in total. The molecule has 0 saturated carbocycles. The Morgan fingerprint density at radius 3 is 2.59 bits per heavy atom. The standard InChI is InChI=1S/C16H22N4O.HI/c1-4-14-9-15(21-20-14)11-19-16(17-3)18-10-13-8-6-5-7-12(13)2;/h5-9H,4,10-11H2,1-3H3,(H2,17,18,19);1H. The fraction of sp³-hybridized carbons (Fsp3) is 0.375. The molecule has 0 aliphatic rings. The summed E-state index contributed by atoms with van der Waals surface area (Å²) in [6, 6.07) is 10.3. The lowest BCUT2D eigenvalue weighted by atomic mass is 10.1. The molecule has 22 heavy (non-hydrogen) atoms. The van der Waals surface area contributed by atoms with Gasteiger partial charge in [-0.25, -0.2) is 0 Å². The van der Waals surface area contributed by atoms with Crippen LogP contribution in [0, 0.1) is 6.92 Å². The van der Waals surface area contributed by atoms with E-state index in [1.165, 1.54) is 11.1 Å². The van der Waals surface area contributed by atoms with Gasteiger partial charge in [0, 0.05) is 19.7 Å². The van der Waals surface area contributed by atoms with Crippen molar-refractivity contribution < 1.29 is 4.52 Å². The summed E-state index contributed by atoms with van der Waals surface area (Å²) in [4.78, 5) is 4.21. The van der Waals surface area contributed by atoms with E-state index in [9.17, 15) is 0 Å². The smallest absolute Gasteiger partial charge is 0.191 e. The molecular formula is C16H23IN4O. The van der Waals surface area contributed by atoms with Crippen LogP contribution in [-0.4, -0.2) is 18.2 Å². The van der Waals surface area contributed by atoms with E-state index >= 15 is 0 Å². The SMILES string of the molecule is CCc1cc(CNC(=NC)NCc2ccccc2C)on1.I. The Morgan fingerprint density at radius 2 is 1.95 bits per heavy atom. The molecule has 0 unspecified atom stereocenters. The second-order valence-corrected chi connectivity index (χ2v) is 4.84. The highest BCUT2D eigenvalue weighted by molar-refractivity contribution is 14.0. The van der Waals surface area contributed by atoms with Crippen LogP contribution in [0.15, 0.2) is 39.8 Å². The maximum Gasteiger partial charge on any atom is 0.191 e. The second kappa shape index (κ2) is 9.45. The van der Waals surface area contributed by atoms with Gasteiger partial charge < -0.3 is 15.2 Å². The number of hydrogen-bond acceptors (Lipinski definition) is 3. The maximum absolute atomic E-state index is 5.24. The van der Waals surface area contributed by atoms with Crippen LogP contribution >= 0.6 is 24.0 Å². The van der Waals surface area contributed by atoms with E-state index in [4.69, 9.17) is 4.52 Å². The van der Waals surface area contributed by atoms with Gasteiger partial charge in [0.25, 0.3) is 0 Å². The van der Waals surface area contributed by atoms with Gasteiger partial charge in [-0.15, -0.1) is 24.0 Å². The van der Waals surface area contributed by atoms with Gasteiger partial charge in [-0.1, -0.05) is 36.3 Å². The summed E-state index contributed by atoms with van der Waals surface area (Å²) in [5.74, 6) is 1.55. The molecule has 0 atom stereocenters. The molecule has 0 saturated heterocycles. The monoisotopic (exact) mass is 414 g/mol. The van der Waals surface area contributed by atoms with Gasteiger partial charge in [0.15, 0.2) is 11.7 Å². The Balaban J connectivity index is 0.00000242. The number of nitrogens with zero attached hydrogens (tertiary/aromatic N) is 2. The Morgan fingerprint density at radius 1 is 1.23 bits per heavy atom. The number of aliphatic imine (C=N–C) groups is 1. The van der Waals surface area contributed by atoms with E-state index in [1.807, 2.05) is 18.2 Å². The summed E-state index contributed by atoms with van der Waals surface area (Å²) in [7, 11) is 1.76. The minimum atomic E-state index is 0. The molecule has 0 radical (unpaired) electrons. The van der Waals surface area contributed by atoms with Gasteiger partial charge in [-0.3, -0.25) is 4.99 Å². The third-order valence-electron chi connectivity index (χ3n) is 3.33. The first-order valence-corrected chi connectivity index (χ1v) is 7.16. The van der Waals surface area contributed by atoms with Crippen LogP contribution in [0.5, 0.6) is 0 Å².